The highest BCUT2D eigenvalue weighted by Gasteiger charge is 2.16. The Labute approximate surface area is 124 Å². The molecule has 6 heteroatoms. The average molecular weight is 289 g/mol. The highest BCUT2D eigenvalue weighted by molar-refractivity contribution is 5.95. The molecule has 0 radical (unpaired) electrons. The van der Waals surface area contributed by atoms with E-state index in [1.807, 2.05) is 24.6 Å². The molecule has 2 rings (SSSR count). The van der Waals surface area contributed by atoms with Gasteiger partial charge in [0.25, 0.3) is 0 Å². The van der Waals surface area contributed by atoms with Crippen LogP contribution in [0.3, 0.4) is 0 Å². The van der Waals surface area contributed by atoms with E-state index in [2.05, 4.69) is 29.2 Å². The minimum atomic E-state index is -0.501. The molecule has 0 saturated carbocycles. The Morgan fingerprint density at radius 2 is 2.05 bits per heavy atom. The van der Waals surface area contributed by atoms with Gasteiger partial charge in [-0.3, -0.25) is 4.79 Å². The maximum Gasteiger partial charge on any atom is 0.241 e. The minimum absolute atomic E-state index is 0.180. The van der Waals surface area contributed by atoms with Gasteiger partial charge in [0.05, 0.1) is 24.1 Å². The molecule has 0 bridgehead atoms. The summed E-state index contributed by atoms with van der Waals surface area (Å²) in [4.78, 5) is 16.4. The fourth-order valence-corrected chi connectivity index (χ4v) is 2.24. The largest absolute Gasteiger partial charge is 0.323 e. The number of carbonyl (C=O) groups is 1. The first kappa shape index (κ1) is 15.4. The Bertz CT molecular complexity index is 632. The summed E-state index contributed by atoms with van der Waals surface area (Å²) in [6, 6.07) is 1.61. The standard InChI is InChI=1S/C15H23N5O/c1-9(2)5-13(16)15(21)19-12-6-11-7-18-20(10(3)4)14(11)17-8-12/h6-10,13H,5,16H2,1-4H3,(H,19,21). The lowest BCUT2D eigenvalue weighted by Gasteiger charge is -2.14. The first-order valence-electron chi connectivity index (χ1n) is 7.28. The predicted octanol–water partition coefficient (Wildman–Crippen LogP) is 2.32. The number of hydrogen-bond donors (Lipinski definition) is 2. The lowest BCUT2D eigenvalue weighted by atomic mass is 10.0. The van der Waals surface area contributed by atoms with Crippen molar-refractivity contribution >= 4 is 22.6 Å². The first-order chi connectivity index (χ1) is 9.88. The molecule has 0 aliphatic carbocycles. The van der Waals surface area contributed by atoms with Crippen LogP contribution < -0.4 is 11.1 Å². The molecule has 0 aliphatic rings. The van der Waals surface area contributed by atoms with Gasteiger partial charge in [-0.2, -0.15) is 5.10 Å². The Hall–Kier alpha value is -1.95. The van der Waals surface area contributed by atoms with Gasteiger partial charge < -0.3 is 11.1 Å². The van der Waals surface area contributed by atoms with E-state index in [-0.39, 0.29) is 11.9 Å². The van der Waals surface area contributed by atoms with Gasteiger partial charge in [0.1, 0.15) is 0 Å². The molecule has 3 N–H and O–H groups in total. The molecule has 0 saturated heterocycles. The van der Waals surface area contributed by atoms with Gasteiger partial charge in [0.2, 0.25) is 5.91 Å². The van der Waals surface area contributed by atoms with E-state index in [0.29, 0.717) is 18.0 Å². The molecule has 0 aromatic carbocycles. The summed E-state index contributed by atoms with van der Waals surface area (Å²) in [5.74, 6) is 0.205. The molecule has 0 spiro atoms. The first-order valence-corrected chi connectivity index (χ1v) is 7.28. The second kappa shape index (κ2) is 6.22. The second-order valence-corrected chi connectivity index (χ2v) is 6.05. The fraction of sp³-hybridized carbons (Fsp3) is 0.533. The Kier molecular flexibility index (Phi) is 4.57. The number of carbonyl (C=O) groups excluding carboxylic acids is 1. The Morgan fingerprint density at radius 1 is 1.33 bits per heavy atom. The number of rotatable bonds is 5. The van der Waals surface area contributed by atoms with Crippen molar-refractivity contribution in [2.45, 2.75) is 46.2 Å². The van der Waals surface area contributed by atoms with Gasteiger partial charge in [-0.05, 0) is 32.3 Å². The molecule has 1 unspecified atom stereocenters. The van der Waals surface area contributed by atoms with Crippen molar-refractivity contribution in [1.82, 2.24) is 14.8 Å². The smallest absolute Gasteiger partial charge is 0.241 e. The SMILES string of the molecule is CC(C)CC(N)C(=O)Nc1cnc2c(cnn2C(C)C)c1. The number of hydrogen-bond acceptors (Lipinski definition) is 4. The van der Waals surface area contributed by atoms with E-state index >= 15 is 0 Å². The van der Waals surface area contributed by atoms with Crippen molar-refractivity contribution in [3.63, 3.8) is 0 Å². The number of amides is 1. The summed E-state index contributed by atoms with van der Waals surface area (Å²) < 4.78 is 1.85. The monoisotopic (exact) mass is 289 g/mol. The van der Waals surface area contributed by atoms with Crippen molar-refractivity contribution in [3.05, 3.63) is 18.5 Å². The number of anilines is 1. The molecule has 2 aromatic rings. The molecule has 114 valence electrons. The predicted molar refractivity (Wildman–Crippen MR) is 84.0 cm³/mol. The summed E-state index contributed by atoms with van der Waals surface area (Å²) in [5.41, 5.74) is 7.34. The van der Waals surface area contributed by atoms with Crippen LogP contribution in [0.2, 0.25) is 0 Å². The third-order valence-corrected chi connectivity index (χ3v) is 3.25. The van der Waals surface area contributed by atoms with Crippen molar-refractivity contribution in [1.29, 1.82) is 0 Å². The van der Waals surface area contributed by atoms with Gasteiger partial charge in [0, 0.05) is 11.4 Å². The molecule has 0 fully saturated rings. The molecular formula is C15H23N5O. The van der Waals surface area contributed by atoms with Crippen molar-refractivity contribution < 1.29 is 4.79 Å². The zero-order chi connectivity index (χ0) is 15.6. The quantitative estimate of drug-likeness (QED) is 0.884. The van der Waals surface area contributed by atoms with Crippen LogP contribution in [-0.4, -0.2) is 26.7 Å². The van der Waals surface area contributed by atoms with Gasteiger partial charge >= 0.3 is 0 Å². The van der Waals surface area contributed by atoms with E-state index in [9.17, 15) is 4.79 Å². The van der Waals surface area contributed by atoms with Gasteiger partial charge in [-0.1, -0.05) is 13.8 Å². The van der Waals surface area contributed by atoms with Crippen LogP contribution in [-0.2, 0) is 4.79 Å². The van der Waals surface area contributed by atoms with Crippen LogP contribution in [0.5, 0.6) is 0 Å². The highest BCUT2D eigenvalue weighted by Crippen LogP contribution is 2.19. The van der Waals surface area contributed by atoms with Crippen LogP contribution in [0.15, 0.2) is 18.5 Å². The Morgan fingerprint density at radius 3 is 2.67 bits per heavy atom. The van der Waals surface area contributed by atoms with Crippen LogP contribution in [0.4, 0.5) is 5.69 Å². The normalized spacial score (nSPS) is 13.1. The summed E-state index contributed by atoms with van der Waals surface area (Å²) in [6.45, 7) is 8.19. The number of nitrogens with two attached hydrogens (primary N) is 1. The number of fused-ring (bicyclic) bond motifs is 1. The number of aromatic nitrogens is 3. The molecule has 1 amide bonds. The van der Waals surface area contributed by atoms with E-state index in [4.69, 9.17) is 5.73 Å². The van der Waals surface area contributed by atoms with Crippen LogP contribution in [0.1, 0.15) is 40.2 Å². The molecule has 1 atom stereocenters. The summed E-state index contributed by atoms with van der Waals surface area (Å²) >= 11 is 0. The number of nitrogens with zero attached hydrogens (tertiary/aromatic N) is 3. The van der Waals surface area contributed by atoms with E-state index in [1.165, 1.54) is 0 Å². The molecular weight excluding hydrogens is 266 g/mol. The number of nitrogens with one attached hydrogen (secondary N) is 1. The van der Waals surface area contributed by atoms with Crippen molar-refractivity contribution in [2.75, 3.05) is 5.32 Å². The van der Waals surface area contributed by atoms with Crippen molar-refractivity contribution in [2.24, 2.45) is 11.7 Å². The molecule has 6 nitrogen and oxygen atoms in total. The highest BCUT2D eigenvalue weighted by atomic mass is 16.2. The summed E-state index contributed by atoms with van der Waals surface area (Å²) in [5, 5.41) is 8.02. The average Bonchev–Trinajstić information content (AvgIpc) is 2.80. The van der Waals surface area contributed by atoms with E-state index < -0.39 is 6.04 Å². The van der Waals surface area contributed by atoms with E-state index in [0.717, 1.165) is 11.0 Å². The summed E-state index contributed by atoms with van der Waals surface area (Å²) in [7, 11) is 0. The van der Waals surface area contributed by atoms with Gasteiger partial charge in [0.15, 0.2) is 5.65 Å². The van der Waals surface area contributed by atoms with Gasteiger partial charge in [-0.15, -0.1) is 0 Å². The molecule has 0 aliphatic heterocycles. The maximum atomic E-state index is 12.0. The maximum absolute atomic E-state index is 12.0. The molecule has 21 heavy (non-hydrogen) atoms. The fourth-order valence-electron chi connectivity index (χ4n) is 2.24. The number of pyridine rings is 1. The minimum Gasteiger partial charge on any atom is -0.323 e. The van der Waals surface area contributed by atoms with Crippen LogP contribution in [0.25, 0.3) is 11.0 Å². The topological polar surface area (TPSA) is 85.8 Å². The third kappa shape index (κ3) is 3.58. The lowest BCUT2D eigenvalue weighted by molar-refractivity contribution is -0.117. The van der Waals surface area contributed by atoms with E-state index in [1.54, 1.807) is 12.4 Å². The van der Waals surface area contributed by atoms with Gasteiger partial charge in [-0.25, -0.2) is 9.67 Å². The van der Waals surface area contributed by atoms with Crippen LogP contribution in [0, 0.1) is 5.92 Å². The molecule has 2 heterocycles. The van der Waals surface area contributed by atoms with Crippen molar-refractivity contribution in [3.8, 4) is 0 Å². The molecule has 2 aromatic heterocycles. The Balaban J connectivity index is 2.15. The summed E-state index contributed by atoms with van der Waals surface area (Å²) in [6.07, 6.45) is 4.06. The zero-order valence-corrected chi connectivity index (χ0v) is 13.0. The third-order valence-electron chi connectivity index (χ3n) is 3.25. The van der Waals surface area contributed by atoms with Crippen LogP contribution >= 0.6 is 0 Å². The second-order valence-electron chi connectivity index (χ2n) is 6.05. The lowest BCUT2D eigenvalue weighted by Crippen LogP contribution is -2.36. The zero-order valence-electron chi connectivity index (χ0n) is 13.0.